The van der Waals surface area contributed by atoms with Gasteiger partial charge in [-0.1, -0.05) is 5.16 Å². The first-order valence-corrected chi connectivity index (χ1v) is 8.31. The van der Waals surface area contributed by atoms with Gasteiger partial charge in [0.2, 0.25) is 17.6 Å². The lowest BCUT2D eigenvalue weighted by atomic mass is 10.1. The Morgan fingerprint density at radius 1 is 1.19 bits per heavy atom. The minimum atomic E-state index is -0.506. The Kier molecular flexibility index (Phi) is 5.20. The first kappa shape index (κ1) is 18.6. The average Bonchev–Trinajstić information content (AvgIpc) is 3.25. The zero-order valence-electron chi connectivity index (χ0n) is 15.6. The highest BCUT2D eigenvalue weighted by atomic mass is 16.5. The van der Waals surface area contributed by atoms with Crippen LogP contribution in [0, 0.1) is 12.8 Å². The van der Waals surface area contributed by atoms with E-state index in [0.29, 0.717) is 34.5 Å². The smallest absolute Gasteiger partial charge is 0.231 e. The molecule has 9 heteroatoms. The number of amides is 2. The molecule has 144 valence electrons. The largest absolute Gasteiger partial charge is 0.493 e. The molecule has 1 N–H and O–H groups in total. The Balaban J connectivity index is 1.80. The number of benzene rings is 1. The second-order valence-corrected chi connectivity index (χ2v) is 6.10. The van der Waals surface area contributed by atoms with Crippen molar-refractivity contribution in [3.63, 3.8) is 0 Å². The summed E-state index contributed by atoms with van der Waals surface area (Å²) >= 11 is 0. The number of rotatable bonds is 6. The van der Waals surface area contributed by atoms with Crippen LogP contribution >= 0.6 is 0 Å². The van der Waals surface area contributed by atoms with E-state index in [-0.39, 0.29) is 24.8 Å². The number of hydrogen-bond donors (Lipinski definition) is 1. The van der Waals surface area contributed by atoms with Gasteiger partial charge in [-0.15, -0.1) is 0 Å². The van der Waals surface area contributed by atoms with Crippen molar-refractivity contribution in [2.75, 3.05) is 38.1 Å². The van der Waals surface area contributed by atoms with Gasteiger partial charge in [0.1, 0.15) is 5.76 Å². The molecule has 1 fully saturated rings. The van der Waals surface area contributed by atoms with Crippen LogP contribution in [0.2, 0.25) is 0 Å². The minimum absolute atomic E-state index is 0.0966. The highest BCUT2D eigenvalue weighted by molar-refractivity contribution is 6.03. The number of hydrogen-bond acceptors (Lipinski definition) is 7. The van der Waals surface area contributed by atoms with Crippen LogP contribution in [0.3, 0.4) is 0 Å². The Labute approximate surface area is 156 Å². The Morgan fingerprint density at radius 2 is 1.85 bits per heavy atom. The molecule has 9 nitrogen and oxygen atoms in total. The molecule has 0 unspecified atom stereocenters. The van der Waals surface area contributed by atoms with Gasteiger partial charge in [-0.25, -0.2) is 0 Å². The molecule has 1 saturated heterocycles. The van der Waals surface area contributed by atoms with Crippen molar-refractivity contribution in [3.05, 3.63) is 24.0 Å². The molecule has 27 heavy (non-hydrogen) atoms. The average molecular weight is 375 g/mol. The van der Waals surface area contributed by atoms with Gasteiger partial charge in [0.15, 0.2) is 17.3 Å². The van der Waals surface area contributed by atoms with E-state index in [0.717, 1.165) is 0 Å². The molecule has 2 amide bonds. The van der Waals surface area contributed by atoms with Crippen LogP contribution < -0.4 is 24.4 Å². The van der Waals surface area contributed by atoms with Crippen molar-refractivity contribution in [3.8, 4) is 17.2 Å². The van der Waals surface area contributed by atoms with Crippen molar-refractivity contribution in [1.29, 1.82) is 0 Å². The lowest BCUT2D eigenvalue weighted by Crippen LogP contribution is -2.28. The molecule has 0 aliphatic carbocycles. The Morgan fingerprint density at radius 3 is 2.37 bits per heavy atom. The number of nitrogens with one attached hydrogen (secondary N) is 1. The van der Waals surface area contributed by atoms with Gasteiger partial charge in [-0.3, -0.25) is 9.59 Å². The van der Waals surface area contributed by atoms with Crippen molar-refractivity contribution in [1.82, 2.24) is 5.16 Å². The van der Waals surface area contributed by atoms with Gasteiger partial charge in [-0.05, 0) is 6.92 Å². The standard InChI is InChI=1S/C18H21N3O6/c1-10-5-15(20-27-10)19-18(23)11-6-16(22)21(9-11)12-7-13(24-2)17(26-4)14(8-12)25-3/h5,7-8,11H,6,9H2,1-4H3,(H,19,20,23)/t11-/m0/s1. The number of nitrogens with zero attached hydrogens (tertiary/aromatic N) is 2. The van der Waals surface area contributed by atoms with Gasteiger partial charge < -0.3 is 29.0 Å². The van der Waals surface area contributed by atoms with E-state index < -0.39 is 5.92 Å². The third-order valence-electron chi connectivity index (χ3n) is 4.34. The number of aryl methyl sites for hydroxylation is 1. The number of ether oxygens (including phenoxy) is 3. The second kappa shape index (κ2) is 7.56. The molecule has 1 aliphatic heterocycles. The predicted molar refractivity (Wildman–Crippen MR) is 96.4 cm³/mol. The van der Waals surface area contributed by atoms with Crippen LogP contribution in [0.25, 0.3) is 0 Å². The topological polar surface area (TPSA) is 103 Å². The molecule has 3 rings (SSSR count). The number of carbonyl (C=O) groups excluding carboxylic acids is 2. The van der Waals surface area contributed by atoms with Crippen molar-refractivity contribution in [2.24, 2.45) is 5.92 Å². The summed E-state index contributed by atoms with van der Waals surface area (Å²) in [4.78, 5) is 26.5. The highest BCUT2D eigenvalue weighted by Gasteiger charge is 2.36. The molecule has 2 heterocycles. The lowest BCUT2D eigenvalue weighted by molar-refractivity contribution is -0.122. The Hall–Kier alpha value is -3.23. The van der Waals surface area contributed by atoms with E-state index in [2.05, 4.69) is 10.5 Å². The van der Waals surface area contributed by atoms with Crippen LogP contribution in [0.4, 0.5) is 11.5 Å². The molecule has 1 atom stereocenters. The third kappa shape index (κ3) is 3.67. The summed E-state index contributed by atoms with van der Waals surface area (Å²) in [5, 5.41) is 6.40. The zero-order valence-corrected chi connectivity index (χ0v) is 15.6. The lowest BCUT2D eigenvalue weighted by Gasteiger charge is -2.20. The first-order chi connectivity index (χ1) is 13.0. The zero-order chi connectivity index (χ0) is 19.6. The van der Waals surface area contributed by atoms with E-state index >= 15 is 0 Å². The summed E-state index contributed by atoms with van der Waals surface area (Å²) in [6.07, 6.45) is 0.0966. The number of anilines is 2. The molecule has 0 spiro atoms. The maximum atomic E-state index is 12.5. The van der Waals surface area contributed by atoms with Crippen molar-refractivity contribution >= 4 is 23.3 Å². The quantitative estimate of drug-likeness (QED) is 0.823. The number of aromatic nitrogens is 1. The first-order valence-electron chi connectivity index (χ1n) is 8.31. The fourth-order valence-electron chi connectivity index (χ4n) is 3.01. The van der Waals surface area contributed by atoms with Gasteiger partial charge in [0.05, 0.1) is 32.9 Å². The van der Waals surface area contributed by atoms with E-state index in [9.17, 15) is 9.59 Å². The van der Waals surface area contributed by atoms with Gasteiger partial charge in [0, 0.05) is 31.2 Å². The summed E-state index contributed by atoms with van der Waals surface area (Å²) in [6.45, 7) is 1.97. The monoisotopic (exact) mass is 375 g/mol. The van der Waals surface area contributed by atoms with Crippen LogP contribution in [-0.2, 0) is 9.59 Å². The third-order valence-corrected chi connectivity index (χ3v) is 4.34. The molecule has 1 aliphatic rings. The SMILES string of the molecule is COc1cc(N2C[C@@H](C(=O)Nc3cc(C)on3)CC2=O)cc(OC)c1OC. The normalized spacial score (nSPS) is 16.4. The van der Waals surface area contributed by atoms with E-state index in [1.54, 1.807) is 25.1 Å². The summed E-state index contributed by atoms with van der Waals surface area (Å²) in [5.74, 6) is 1.27. The predicted octanol–water partition coefficient (Wildman–Crippen LogP) is 2.00. The fourth-order valence-corrected chi connectivity index (χ4v) is 3.01. The number of methoxy groups -OCH3 is 3. The van der Waals surface area contributed by atoms with Crippen LogP contribution in [-0.4, -0.2) is 44.8 Å². The molecule has 0 saturated carbocycles. The molecule has 1 aromatic carbocycles. The maximum Gasteiger partial charge on any atom is 0.231 e. The van der Waals surface area contributed by atoms with Gasteiger partial charge in [-0.2, -0.15) is 0 Å². The maximum absolute atomic E-state index is 12.5. The summed E-state index contributed by atoms with van der Waals surface area (Å²) in [6, 6.07) is 4.98. The van der Waals surface area contributed by atoms with Crippen LogP contribution in [0.5, 0.6) is 17.2 Å². The fraction of sp³-hybridized carbons (Fsp3) is 0.389. The molecular formula is C18H21N3O6. The van der Waals surface area contributed by atoms with E-state index in [4.69, 9.17) is 18.7 Å². The summed E-state index contributed by atoms with van der Waals surface area (Å²) in [5.41, 5.74) is 0.571. The summed E-state index contributed by atoms with van der Waals surface area (Å²) < 4.78 is 20.9. The highest BCUT2D eigenvalue weighted by Crippen LogP contribution is 2.42. The minimum Gasteiger partial charge on any atom is -0.493 e. The van der Waals surface area contributed by atoms with Gasteiger partial charge in [0.25, 0.3) is 0 Å². The molecule has 0 bridgehead atoms. The van der Waals surface area contributed by atoms with Crippen LogP contribution in [0.15, 0.2) is 22.7 Å². The van der Waals surface area contributed by atoms with Crippen LogP contribution in [0.1, 0.15) is 12.2 Å². The Bertz CT molecular complexity index is 838. The van der Waals surface area contributed by atoms with Crippen molar-refractivity contribution < 1.29 is 28.3 Å². The van der Waals surface area contributed by atoms with E-state index in [1.165, 1.54) is 26.2 Å². The molecule has 0 radical (unpaired) electrons. The summed E-state index contributed by atoms with van der Waals surface area (Å²) in [7, 11) is 4.51. The van der Waals surface area contributed by atoms with E-state index in [1.807, 2.05) is 0 Å². The second-order valence-electron chi connectivity index (χ2n) is 6.10. The van der Waals surface area contributed by atoms with Gasteiger partial charge >= 0.3 is 0 Å². The number of carbonyl (C=O) groups is 2. The molecular weight excluding hydrogens is 354 g/mol. The van der Waals surface area contributed by atoms with Crippen molar-refractivity contribution in [2.45, 2.75) is 13.3 Å². The molecule has 1 aromatic heterocycles. The molecule has 2 aromatic rings.